The molecule has 0 fully saturated rings. The number of allylic oxidation sites excluding steroid dienone is 1. The lowest BCUT2D eigenvalue weighted by molar-refractivity contribution is 0.485. The molecule has 0 saturated heterocycles. The van der Waals surface area contributed by atoms with E-state index in [1.54, 1.807) is 12.1 Å². The molecule has 0 unspecified atom stereocenters. The van der Waals surface area contributed by atoms with Crippen molar-refractivity contribution < 1.29 is 12.6 Å². The molecular weight excluding hydrogens is 284 g/mol. The highest BCUT2D eigenvalue weighted by atomic mass is 32.2. The molecule has 118 valence electrons. The Labute approximate surface area is 129 Å². The van der Waals surface area contributed by atoms with Gasteiger partial charge in [-0.05, 0) is 37.0 Å². The van der Waals surface area contributed by atoms with Crippen LogP contribution in [0.5, 0.6) is 5.75 Å². The van der Waals surface area contributed by atoms with Crippen molar-refractivity contribution in [3.8, 4) is 5.75 Å². The lowest BCUT2D eigenvalue weighted by atomic mass is 10.1. The summed E-state index contributed by atoms with van der Waals surface area (Å²) in [7, 11) is -3.46. The second kappa shape index (κ2) is 9.61. The summed E-state index contributed by atoms with van der Waals surface area (Å²) in [6.45, 7) is 4.02. The van der Waals surface area contributed by atoms with Crippen molar-refractivity contribution in [3.63, 3.8) is 0 Å². The van der Waals surface area contributed by atoms with Crippen LogP contribution in [-0.2, 0) is 10.1 Å². The maximum atomic E-state index is 11.6. The van der Waals surface area contributed by atoms with Crippen molar-refractivity contribution in [2.75, 3.05) is 5.75 Å². The van der Waals surface area contributed by atoms with Gasteiger partial charge in [0.2, 0.25) is 0 Å². The van der Waals surface area contributed by atoms with Crippen LogP contribution in [0.25, 0.3) is 6.08 Å². The monoisotopic (exact) mass is 310 g/mol. The van der Waals surface area contributed by atoms with E-state index >= 15 is 0 Å². The van der Waals surface area contributed by atoms with Gasteiger partial charge in [0.1, 0.15) is 5.75 Å². The van der Waals surface area contributed by atoms with Gasteiger partial charge in [-0.3, -0.25) is 0 Å². The summed E-state index contributed by atoms with van der Waals surface area (Å²) < 4.78 is 28.3. The van der Waals surface area contributed by atoms with Gasteiger partial charge in [-0.15, -0.1) is 0 Å². The molecule has 0 atom stereocenters. The largest absolute Gasteiger partial charge is 0.382 e. The van der Waals surface area contributed by atoms with E-state index in [0.29, 0.717) is 12.2 Å². The number of unbranched alkanes of at least 4 members (excludes halogenated alkanes) is 4. The van der Waals surface area contributed by atoms with Crippen LogP contribution in [0.3, 0.4) is 0 Å². The molecular formula is C17H26O3S. The van der Waals surface area contributed by atoms with Gasteiger partial charge in [0.05, 0.1) is 5.75 Å². The van der Waals surface area contributed by atoms with E-state index in [9.17, 15) is 8.42 Å². The lowest BCUT2D eigenvalue weighted by Crippen LogP contribution is -2.13. The van der Waals surface area contributed by atoms with Gasteiger partial charge in [-0.25, -0.2) is 0 Å². The van der Waals surface area contributed by atoms with E-state index < -0.39 is 10.1 Å². The fourth-order valence-corrected chi connectivity index (χ4v) is 3.00. The van der Waals surface area contributed by atoms with Crippen molar-refractivity contribution in [2.24, 2.45) is 0 Å². The zero-order chi connectivity index (χ0) is 15.6. The Kier molecular flexibility index (Phi) is 8.13. The summed E-state index contributed by atoms with van der Waals surface area (Å²) in [6, 6.07) is 7.19. The van der Waals surface area contributed by atoms with Gasteiger partial charge >= 0.3 is 10.1 Å². The van der Waals surface area contributed by atoms with Crippen molar-refractivity contribution in [1.29, 1.82) is 0 Å². The van der Waals surface area contributed by atoms with Crippen LogP contribution in [0, 0.1) is 0 Å². The summed E-state index contributed by atoms with van der Waals surface area (Å²) in [5, 5.41) is 0. The molecule has 4 heteroatoms. The maximum Gasteiger partial charge on any atom is 0.309 e. The Morgan fingerprint density at radius 1 is 1.10 bits per heavy atom. The summed E-state index contributed by atoms with van der Waals surface area (Å²) in [4.78, 5) is 0. The fourth-order valence-electron chi connectivity index (χ4n) is 2.02. The van der Waals surface area contributed by atoms with Gasteiger partial charge in [0, 0.05) is 0 Å². The number of hydrogen-bond donors (Lipinski definition) is 0. The zero-order valence-corrected chi connectivity index (χ0v) is 13.9. The molecule has 0 aliphatic heterocycles. The topological polar surface area (TPSA) is 43.4 Å². The lowest BCUT2D eigenvalue weighted by Gasteiger charge is -2.06. The number of hydrogen-bond acceptors (Lipinski definition) is 3. The third-order valence-electron chi connectivity index (χ3n) is 3.07. The molecule has 0 radical (unpaired) electrons. The van der Waals surface area contributed by atoms with E-state index in [-0.39, 0.29) is 5.75 Å². The molecule has 21 heavy (non-hydrogen) atoms. The smallest absolute Gasteiger partial charge is 0.309 e. The zero-order valence-electron chi connectivity index (χ0n) is 13.0. The third-order valence-corrected chi connectivity index (χ3v) is 4.42. The highest BCUT2D eigenvalue weighted by Crippen LogP contribution is 2.17. The average Bonchev–Trinajstić information content (AvgIpc) is 2.42. The molecule has 1 aromatic rings. The van der Waals surface area contributed by atoms with E-state index in [0.717, 1.165) is 12.0 Å². The van der Waals surface area contributed by atoms with Gasteiger partial charge in [-0.1, -0.05) is 57.4 Å². The Balaban J connectivity index is 2.54. The van der Waals surface area contributed by atoms with E-state index in [1.807, 2.05) is 25.1 Å². The standard InChI is InChI=1S/C17H26O3S/c1-3-5-6-7-8-9-11-16-12-10-13-17(15-16)20-21(18,19)14-4-2/h9-13,15H,3-8,14H2,1-2H3. The summed E-state index contributed by atoms with van der Waals surface area (Å²) in [5.41, 5.74) is 0.967. The third kappa shape index (κ3) is 7.90. The first kappa shape index (κ1) is 17.8. The fraction of sp³-hybridized carbons (Fsp3) is 0.529. The van der Waals surface area contributed by atoms with Crippen LogP contribution in [-0.4, -0.2) is 14.2 Å². The van der Waals surface area contributed by atoms with Crippen molar-refractivity contribution in [3.05, 3.63) is 35.9 Å². The predicted octanol–water partition coefficient (Wildman–Crippen LogP) is 4.79. The highest BCUT2D eigenvalue weighted by molar-refractivity contribution is 7.87. The number of benzene rings is 1. The van der Waals surface area contributed by atoms with Crippen molar-refractivity contribution in [1.82, 2.24) is 0 Å². The molecule has 0 spiro atoms. The molecule has 0 bridgehead atoms. The second-order valence-electron chi connectivity index (χ2n) is 5.17. The minimum atomic E-state index is -3.46. The number of rotatable bonds is 10. The van der Waals surface area contributed by atoms with Gasteiger partial charge in [0.25, 0.3) is 0 Å². The van der Waals surface area contributed by atoms with Crippen LogP contribution in [0.4, 0.5) is 0 Å². The minimum absolute atomic E-state index is 0.0461. The van der Waals surface area contributed by atoms with Gasteiger partial charge < -0.3 is 4.18 Å². The van der Waals surface area contributed by atoms with Crippen LogP contribution >= 0.6 is 0 Å². The minimum Gasteiger partial charge on any atom is -0.382 e. The summed E-state index contributed by atoms with van der Waals surface area (Å²) in [5.74, 6) is 0.432. The average molecular weight is 310 g/mol. The predicted molar refractivity (Wildman–Crippen MR) is 88.9 cm³/mol. The van der Waals surface area contributed by atoms with Crippen LogP contribution in [0.1, 0.15) is 57.9 Å². The first-order valence-corrected chi connectivity index (χ1v) is 9.34. The Morgan fingerprint density at radius 3 is 2.62 bits per heavy atom. The molecule has 0 heterocycles. The molecule has 3 nitrogen and oxygen atoms in total. The second-order valence-corrected chi connectivity index (χ2v) is 6.86. The molecule has 0 aliphatic rings. The van der Waals surface area contributed by atoms with E-state index in [1.165, 1.54) is 25.7 Å². The maximum absolute atomic E-state index is 11.6. The van der Waals surface area contributed by atoms with Crippen LogP contribution < -0.4 is 4.18 Å². The van der Waals surface area contributed by atoms with Crippen molar-refractivity contribution in [2.45, 2.75) is 52.4 Å². The molecule has 0 amide bonds. The van der Waals surface area contributed by atoms with Crippen molar-refractivity contribution >= 4 is 16.2 Å². The summed E-state index contributed by atoms with van der Waals surface area (Å²) >= 11 is 0. The molecule has 0 N–H and O–H groups in total. The van der Waals surface area contributed by atoms with E-state index in [2.05, 4.69) is 13.0 Å². The van der Waals surface area contributed by atoms with E-state index in [4.69, 9.17) is 4.18 Å². The SMILES string of the molecule is CCCCCCC=Cc1cccc(OS(=O)(=O)CCC)c1. The Hall–Kier alpha value is -1.29. The Bertz CT molecular complexity index is 533. The molecule has 1 rings (SSSR count). The van der Waals surface area contributed by atoms with Gasteiger partial charge in [-0.2, -0.15) is 8.42 Å². The molecule has 0 saturated carbocycles. The Morgan fingerprint density at radius 2 is 1.90 bits per heavy atom. The normalized spacial score (nSPS) is 11.9. The highest BCUT2D eigenvalue weighted by Gasteiger charge is 2.10. The van der Waals surface area contributed by atoms with Gasteiger partial charge in [0.15, 0.2) is 0 Å². The molecule has 0 aromatic heterocycles. The molecule has 1 aromatic carbocycles. The quantitative estimate of drug-likeness (QED) is 0.461. The first-order valence-electron chi connectivity index (χ1n) is 7.76. The first-order chi connectivity index (χ1) is 10.1. The van der Waals surface area contributed by atoms with Crippen LogP contribution in [0.15, 0.2) is 30.3 Å². The van der Waals surface area contributed by atoms with Crippen LogP contribution in [0.2, 0.25) is 0 Å². The summed E-state index contributed by atoms with van der Waals surface area (Å²) in [6.07, 6.45) is 10.8. The molecule has 0 aliphatic carbocycles.